The van der Waals surface area contributed by atoms with Crippen molar-refractivity contribution in [3.63, 3.8) is 0 Å². The van der Waals surface area contributed by atoms with Gasteiger partial charge in [0.1, 0.15) is 5.75 Å². The summed E-state index contributed by atoms with van der Waals surface area (Å²) in [5, 5.41) is 13.7. The Morgan fingerprint density at radius 2 is 1.83 bits per heavy atom. The average Bonchev–Trinajstić information content (AvgIpc) is 2.68. The van der Waals surface area contributed by atoms with E-state index in [2.05, 4.69) is 5.32 Å². The monoisotopic (exact) mass is 421 g/mol. The predicted octanol–water partition coefficient (Wildman–Crippen LogP) is 2.82. The van der Waals surface area contributed by atoms with E-state index in [4.69, 9.17) is 4.74 Å². The second kappa shape index (κ2) is 9.48. The van der Waals surface area contributed by atoms with Gasteiger partial charge in [-0.05, 0) is 18.2 Å². The Bertz CT molecular complexity index is 1000. The van der Waals surface area contributed by atoms with E-state index in [1.54, 1.807) is 19.9 Å². The number of para-hydroxylation sites is 1. The van der Waals surface area contributed by atoms with Crippen LogP contribution in [0, 0.1) is 10.1 Å². The number of nitrogens with one attached hydrogen (secondary N) is 1. The van der Waals surface area contributed by atoms with E-state index < -0.39 is 20.9 Å². The lowest BCUT2D eigenvalue weighted by Gasteiger charge is -2.19. The number of ether oxygens (including phenoxy) is 1. The van der Waals surface area contributed by atoms with E-state index in [1.807, 2.05) is 0 Å². The summed E-state index contributed by atoms with van der Waals surface area (Å²) in [6.07, 6.45) is -0.243. The maximum Gasteiger partial charge on any atom is 0.273 e. The second-order valence-electron chi connectivity index (χ2n) is 6.06. The number of carbonyl (C=O) groups excluding carboxylic acids is 1. The van der Waals surface area contributed by atoms with Gasteiger partial charge >= 0.3 is 0 Å². The number of methoxy groups -OCH3 is 1. The van der Waals surface area contributed by atoms with Crippen molar-refractivity contribution in [1.29, 1.82) is 0 Å². The lowest BCUT2D eigenvalue weighted by molar-refractivity contribution is -0.385. The largest absolute Gasteiger partial charge is 0.495 e. The first-order valence-electron chi connectivity index (χ1n) is 8.94. The molecule has 2 aromatic carbocycles. The fourth-order valence-corrected chi connectivity index (χ4v) is 4.35. The zero-order valence-electron chi connectivity index (χ0n) is 16.4. The third kappa shape index (κ3) is 5.09. The topological polar surface area (TPSA) is 119 Å². The smallest absolute Gasteiger partial charge is 0.273 e. The SMILES string of the molecule is CCN(CC)S(=O)(=O)c1ccc(OC)c(NC(=O)Cc2ccccc2[N+](=O)[O-])c1. The fourth-order valence-electron chi connectivity index (χ4n) is 2.86. The van der Waals surface area contributed by atoms with E-state index in [1.165, 1.54) is 47.8 Å². The Labute approximate surface area is 169 Å². The second-order valence-corrected chi connectivity index (χ2v) is 8.00. The molecular formula is C19H23N3O6S. The number of benzene rings is 2. The van der Waals surface area contributed by atoms with E-state index in [0.29, 0.717) is 13.1 Å². The summed E-state index contributed by atoms with van der Waals surface area (Å²) in [7, 11) is -2.33. The number of amides is 1. The Morgan fingerprint density at radius 1 is 1.17 bits per heavy atom. The molecule has 0 heterocycles. The van der Waals surface area contributed by atoms with Crippen molar-refractivity contribution in [2.24, 2.45) is 0 Å². The van der Waals surface area contributed by atoms with Crippen LogP contribution in [0.25, 0.3) is 0 Å². The highest BCUT2D eigenvalue weighted by Crippen LogP contribution is 2.29. The van der Waals surface area contributed by atoms with Crippen molar-refractivity contribution in [3.8, 4) is 5.75 Å². The molecule has 0 aromatic heterocycles. The van der Waals surface area contributed by atoms with E-state index >= 15 is 0 Å². The lowest BCUT2D eigenvalue weighted by Crippen LogP contribution is -2.30. The van der Waals surface area contributed by atoms with Crippen LogP contribution in [0.5, 0.6) is 5.75 Å². The Kier molecular flexibility index (Phi) is 7.29. The third-order valence-electron chi connectivity index (χ3n) is 4.33. The van der Waals surface area contributed by atoms with Crippen LogP contribution < -0.4 is 10.1 Å². The Hall–Kier alpha value is -2.98. The summed E-state index contributed by atoms with van der Waals surface area (Å²) >= 11 is 0. The highest BCUT2D eigenvalue weighted by Gasteiger charge is 2.23. The Balaban J connectivity index is 2.33. The van der Waals surface area contributed by atoms with Gasteiger partial charge in [-0.2, -0.15) is 4.31 Å². The molecule has 0 unspecified atom stereocenters. The molecule has 0 aliphatic heterocycles. The molecular weight excluding hydrogens is 398 g/mol. The summed E-state index contributed by atoms with van der Waals surface area (Å²) < 4.78 is 32.0. The van der Waals surface area contributed by atoms with Crippen molar-refractivity contribution in [2.45, 2.75) is 25.2 Å². The van der Waals surface area contributed by atoms with Crippen molar-refractivity contribution in [2.75, 3.05) is 25.5 Å². The summed E-state index contributed by atoms with van der Waals surface area (Å²) in [6.45, 7) is 4.09. The molecule has 0 saturated carbocycles. The van der Waals surface area contributed by atoms with Crippen LogP contribution in [0.4, 0.5) is 11.4 Å². The molecule has 156 valence electrons. The molecule has 0 aliphatic rings. The van der Waals surface area contributed by atoms with Crippen LogP contribution in [-0.4, -0.2) is 43.8 Å². The third-order valence-corrected chi connectivity index (χ3v) is 6.37. The molecule has 2 aromatic rings. The molecule has 1 N–H and O–H groups in total. The molecule has 0 bridgehead atoms. The number of anilines is 1. The number of rotatable bonds is 9. The molecule has 0 spiro atoms. The molecule has 29 heavy (non-hydrogen) atoms. The highest BCUT2D eigenvalue weighted by atomic mass is 32.2. The lowest BCUT2D eigenvalue weighted by atomic mass is 10.1. The minimum atomic E-state index is -3.72. The van der Waals surface area contributed by atoms with Gasteiger partial charge in [-0.25, -0.2) is 8.42 Å². The molecule has 0 saturated heterocycles. The van der Waals surface area contributed by atoms with Crippen molar-refractivity contribution in [3.05, 3.63) is 58.1 Å². The summed E-state index contributed by atoms with van der Waals surface area (Å²) in [6, 6.07) is 10.1. The van der Waals surface area contributed by atoms with Gasteiger partial charge in [0.15, 0.2) is 0 Å². The average molecular weight is 421 g/mol. The van der Waals surface area contributed by atoms with Crippen LogP contribution in [-0.2, 0) is 21.2 Å². The highest BCUT2D eigenvalue weighted by molar-refractivity contribution is 7.89. The van der Waals surface area contributed by atoms with Gasteiger partial charge < -0.3 is 10.1 Å². The first kappa shape index (κ1) is 22.3. The number of carbonyl (C=O) groups is 1. The van der Waals surface area contributed by atoms with Gasteiger partial charge in [-0.3, -0.25) is 14.9 Å². The number of hydrogen-bond acceptors (Lipinski definition) is 6. The summed E-state index contributed by atoms with van der Waals surface area (Å²) in [5.41, 5.74) is 0.262. The Morgan fingerprint density at radius 3 is 2.41 bits per heavy atom. The first-order chi connectivity index (χ1) is 13.7. The van der Waals surface area contributed by atoms with Gasteiger partial charge in [-0.15, -0.1) is 0 Å². The first-order valence-corrected chi connectivity index (χ1v) is 10.4. The van der Waals surface area contributed by atoms with Crippen molar-refractivity contribution >= 4 is 27.3 Å². The number of nitro groups is 1. The fraction of sp³-hybridized carbons (Fsp3) is 0.316. The van der Waals surface area contributed by atoms with Crippen molar-refractivity contribution in [1.82, 2.24) is 4.31 Å². The maximum atomic E-state index is 12.7. The molecule has 0 fully saturated rings. The van der Waals surface area contributed by atoms with Crippen LogP contribution in [0.1, 0.15) is 19.4 Å². The number of hydrogen-bond donors (Lipinski definition) is 1. The molecule has 0 atom stereocenters. The van der Waals surface area contributed by atoms with E-state index in [-0.39, 0.29) is 34.0 Å². The molecule has 9 nitrogen and oxygen atoms in total. The van der Waals surface area contributed by atoms with Crippen LogP contribution >= 0.6 is 0 Å². The molecule has 10 heteroatoms. The molecule has 1 amide bonds. The minimum Gasteiger partial charge on any atom is -0.495 e. The predicted molar refractivity (Wildman–Crippen MR) is 109 cm³/mol. The van der Waals surface area contributed by atoms with Gasteiger partial charge in [-0.1, -0.05) is 32.0 Å². The summed E-state index contributed by atoms with van der Waals surface area (Å²) in [4.78, 5) is 23.1. The number of nitrogens with zero attached hydrogens (tertiary/aromatic N) is 2. The zero-order valence-corrected chi connectivity index (χ0v) is 17.2. The minimum absolute atomic E-state index is 0.0167. The van der Waals surface area contributed by atoms with E-state index in [9.17, 15) is 23.3 Å². The van der Waals surface area contributed by atoms with Crippen LogP contribution in [0.3, 0.4) is 0 Å². The number of nitro benzene ring substituents is 1. The van der Waals surface area contributed by atoms with Gasteiger partial charge in [0.2, 0.25) is 15.9 Å². The number of sulfonamides is 1. The van der Waals surface area contributed by atoms with Gasteiger partial charge in [0.05, 0.1) is 29.0 Å². The molecule has 2 rings (SSSR count). The maximum absolute atomic E-state index is 12.7. The van der Waals surface area contributed by atoms with Crippen LogP contribution in [0.15, 0.2) is 47.4 Å². The van der Waals surface area contributed by atoms with Crippen molar-refractivity contribution < 1.29 is 22.9 Å². The van der Waals surface area contributed by atoms with E-state index in [0.717, 1.165) is 0 Å². The van der Waals surface area contributed by atoms with Crippen LogP contribution in [0.2, 0.25) is 0 Å². The molecule has 0 aliphatic carbocycles. The quantitative estimate of drug-likeness (QED) is 0.491. The summed E-state index contributed by atoms with van der Waals surface area (Å²) in [5.74, 6) is -0.255. The zero-order chi connectivity index (χ0) is 21.6. The van der Waals surface area contributed by atoms with Gasteiger partial charge in [0.25, 0.3) is 5.69 Å². The molecule has 0 radical (unpaired) electrons. The van der Waals surface area contributed by atoms with Gasteiger partial charge in [0, 0.05) is 24.7 Å². The standard InChI is InChI=1S/C19H23N3O6S/c1-4-21(5-2)29(26,27)15-10-11-18(28-3)16(13-15)20-19(23)12-14-8-6-7-9-17(14)22(24)25/h6-11,13H,4-5,12H2,1-3H3,(H,20,23). The normalized spacial score (nSPS) is 11.3.